The van der Waals surface area contributed by atoms with E-state index in [2.05, 4.69) is 22.6 Å². The lowest BCUT2D eigenvalue weighted by Crippen LogP contribution is -2.40. The molecule has 114 valence electrons. The number of nitrogens with two attached hydrogens (primary N) is 1. The number of amides is 2. The Labute approximate surface area is 143 Å². The summed E-state index contributed by atoms with van der Waals surface area (Å²) < 4.78 is 0.904. The molecule has 1 aliphatic rings. The number of hydrogen-bond donors (Lipinski definition) is 1. The molecule has 0 aromatic heterocycles. The van der Waals surface area contributed by atoms with Gasteiger partial charge in [0, 0.05) is 28.1 Å². The van der Waals surface area contributed by atoms with Crippen LogP contribution in [-0.2, 0) is 4.79 Å². The fourth-order valence-corrected chi connectivity index (χ4v) is 3.40. The van der Waals surface area contributed by atoms with E-state index >= 15 is 0 Å². The maximum atomic E-state index is 12.6. The molecule has 0 bridgehead atoms. The van der Waals surface area contributed by atoms with Crippen LogP contribution in [0.3, 0.4) is 0 Å². The molecule has 1 fully saturated rings. The highest BCUT2D eigenvalue weighted by molar-refractivity contribution is 14.1. The molecule has 0 unspecified atom stereocenters. The van der Waals surface area contributed by atoms with Gasteiger partial charge in [0.25, 0.3) is 5.91 Å². The number of hydrogen-bond acceptors (Lipinski definition) is 2. The number of carbonyl (C=O) groups is 2. The number of likely N-dealkylation sites (tertiary alicyclic amines) is 1. The first kappa shape index (κ1) is 16.5. The van der Waals surface area contributed by atoms with Gasteiger partial charge in [0.05, 0.1) is 5.56 Å². The maximum absolute atomic E-state index is 12.6. The molecule has 2 N–H and O–H groups in total. The van der Waals surface area contributed by atoms with Crippen LogP contribution in [0, 0.1) is 9.49 Å². The highest BCUT2D eigenvalue weighted by Crippen LogP contribution is 2.25. The van der Waals surface area contributed by atoms with Crippen molar-refractivity contribution in [3.63, 3.8) is 0 Å². The standard InChI is InChI=1S/C15H18ClIN2O2/c16-11-4-5-13(17)12(8-11)15(21)19-7-1-2-10(9-19)3-6-14(18)20/h4-5,8,10H,1-3,6-7,9H2,(H2,18,20)/t10-/m1/s1. The second-order valence-electron chi connectivity index (χ2n) is 5.39. The lowest BCUT2D eigenvalue weighted by atomic mass is 9.93. The van der Waals surface area contributed by atoms with E-state index in [1.807, 2.05) is 11.0 Å². The number of nitrogens with zero attached hydrogens (tertiary/aromatic N) is 1. The van der Waals surface area contributed by atoms with Gasteiger partial charge in [0.1, 0.15) is 0 Å². The Kier molecular flexibility index (Phi) is 5.87. The van der Waals surface area contributed by atoms with Crippen LogP contribution in [0.2, 0.25) is 5.02 Å². The van der Waals surface area contributed by atoms with Gasteiger partial charge in [-0.2, -0.15) is 0 Å². The molecule has 1 aromatic rings. The first-order valence-corrected chi connectivity index (χ1v) is 8.45. The molecule has 0 radical (unpaired) electrons. The SMILES string of the molecule is NC(=O)CC[C@H]1CCCN(C(=O)c2cc(Cl)ccc2I)C1. The molecule has 21 heavy (non-hydrogen) atoms. The lowest BCUT2D eigenvalue weighted by Gasteiger charge is -2.33. The summed E-state index contributed by atoms with van der Waals surface area (Å²) in [6.45, 7) is 1.45. The van der Waals surface area contributed by atoms with Gasteiger partial charge in [0.15, 0.2) is 0 Å². The summed E-state index contributed by atoms with van der Waals surface area (Å²) in [7, 11) is 0. The Morgan fingerprint density at radius 1 is 1.43 bits per heavy atom. The quantitative estimate of drug-likeness (QED) is 0.761. The third kappa shape index (κ3) is 4.57. The molecule has 1 heterocycles. The molecule has 2 amide bonds. The largest absolute Gasteiger partial charge is 0.370 e. The van der Waals surface area contributed by atoms with Crippen LogP contribution >= 0.6 is 34.2 Å². The third-order valence-corrected chi connectivity index (χ3v) is 4.94. The Balaban J connectivity index is 2.05. The minimum absolute atomic E-state index is 0.0191. The predicted molar refractivity (Wildman–Crippen MR) is 91.2 cm³/mol. The molecule has 1 atom stereocenters. The first-order chi connectivity index (χ1) is 9.97. The van der Waals surface area contributed by atoms with Gasteiger partial charge in [-0.05, 0) is 66.0 Å². The zero-order valence-electron chi connectivity index (χ0n) is 11.6. The monoisotopic (exact) mass is 420 g/mol. The molecular formula is C15H18ClIN2O2. The molecule has 0 spiro atoms. The van der Waals surface area contributed by atoms with Gasteiger partial charge >= 0.3 is 0 Å². The van der Waals surface area contributed by atoms with Crippen molar-refractivity contribution in [3.05, 3.63) is 32.4 Å². The Bertz CT molecular complexity index is 550. The molecule has 1 aliphatic heterocycles. The van der Waals surface area contributed by atoms with E-state index in [4.69, 9.17) is 17.3 Å². The predicted octanol–water partition coefficient (Wildman–Crippen LogP) is 3.06. The van der Waals surface area contributed by atoms with Gasteiger partial charge < -0.3 is 10.6 Å². The normalized spacial score (nSPS) is 18.6. The average Bonchev–Trinajstić information content (AvgIpc) is 2.47. The molecule has 1 aromatic carbocycles. The molecule has 6 heteroatoms. The van der Waals surface area contributed by atoms with Crippen molar-refractivity contribution in [3.8, 4) is 0 Å². The fourth-order valence-electron chi connectivity index (χ4n) is 2.66. The third-order valence-electron chi connectivity index (χ3n) is 3.76. The smallest absolute Gasteiger partial charge is 0.254 e. The lowest BCUT2D eigenvalue weighted by molar-refractivity contribution is -0.118. The van der Waals surface area contributed by atoms with E-state index in [9.17, 15) is 9.59 Å². The number of halogens is 2. The van der Waals surface area contributed by atoms with Gasteiger partial charge in [-0.15, -0.1) is 0 Å². The minimum atomic E-state index is -0.275. The molecule has 4 nitrogen and oxygen atoms in total. The van der Waals surface area contributed by atoms with Gasteiger partial charge in [0.2, 0.25) is 5.91 Å². The van der Waals surface area contributed by atoms with E-state index in [1.54, 1.807) is 12.1 Å². The van der Waals surface area contributed by atoms with Crippen LogP contribution in [0.25, 0.3) is 0 Å². The summed E-state index contributed by atoms with van der Waals surface area (Å²) in [6, 6.07) is 5.36. The number of rotatable bonds is 4. The second-order valence-corrected chi connectivity index (χ2v) is 6.99. The van der Waals surface area contributed by atoms with Crippen LogP contribution in [0.1, 0.15) is 36.0 Å². The van der Waals surface area contributed by atoms with E-state index in [0.717, 1.165) is 29.4 Å². The van der Waals surface area contributed by atoms with Crippen molar-refractivity contribution in [2.45, 2.75) is 25.7 Å². The minimum Gasteiger partial charge on any atom is -0.370 e. The molecule has 0 aliphatic carbocycles. The number of piperidine rings is 1. The van der Waals surface area contributed by atoms with Crippen molar-refractivity contribution in [1.82, 2.24) is 4.90 Å². The summed E-state index contributed by atoms with van der Waals surface area (Å²) in [5, 5.41) is 0.570. The van der Waals surface area contributed by atoms with Crippen molar-refractivity contribution in [2.24, 2.45) is 11.7 Å². The van der Waals surface area contributed by atoms with Crippen molar-refractivity contribution < 1.29 is 9.59 Å². The summed E-state index contributed by atoms with van der Waals surface area (Å²) in [5.41, 5.74) is 5.85. The number of primary amides is 1. The fraction of sp³-hybridized carbons (Fsp3) is 0.467. The number of carbonyl (C=O) groups excluding carboxylic acids is 2. The van der Waals surface area contributed by atoms with Crippen LogP contribution in [0.4, 0.5) is 0 Å². The van der Waals surface area contributed by atoms with Gasteiger partial charge in [-0.3, -0.25) is 9.59 Å². The average molecular weight is 421 g/mol. The molecular weight excluding hydrogens is 403 g/mol. The van der Waals surface area contributed by atoms with E-state index in [1.165, 1.54) is 0 Å². The topological polar surface area (TPSA) is 63.4 Å². The van der Waals surface area contributed by atoms with Crippen LogP contribution in [0.5, 0.6) is 0 Å². The summed E-state index contributed by atoms with van der Waals surface area (Å²) in [5.74, 6) is 0.0977. The maximum Gasteiger partial charge on any atom is 0.254 e. The van der Waals surface area contributed by atoms with Crippen molar-refractivity contribution >= 4 is 46.0 Å². The van der Waals surface area contributed by atoms with E-state index in [0.29, 0.717) is 29.5 Å². The summed E-state index contributed by atoms with van der Waals surface area (Å²) in [4.78, 5) is 25.4. The highest BCUT2D eigenvalue weighted by atomic mass is 127. The Morgan fingerprint density at radius 2 is 2.19 bits per heavy atom. The van der Waals surface area contributed by atoms with Crippen LogP contribution in [0.15, 0.2) is 18.2 Å². The van der Waals surface area contributed by atoms with Crippen molar-refractivity contribution in [2.75, 3.05) is 13.1 Å². The highest BCUT2D eigenvalue weighted by Gasteiger charge is 2.25. The molecule has 0 saturated carbocycles. The Hall–Kier alpha value is -0.820. The molecule has 2 rings (SSSR count). The van der Waals surface area contributed by atoms with E-state index < -0.39 is 0 Å². The van der Waals surface area contributed by atoms with Crippen LogP contribution in [-0.4, -0.2) is 29.8 Å². The van der Waals surface area contributed by atoms with Gasteiger partial charge in [-0.1, -0.05) is 11.6 Å². The number of benzene rings is 1. The summed E-state index contributed by atoms with van der Waals surface area (Å²) in [6.07, 6.45) is 3.16. The van der Waals surface area contributed by atoms with Crippen LogP contribution < -0.4 is 5.73 Å². The van der Waals surface area contributed by atoms with Gasteiger partial charge in [-0.25, -0.2) is 0 Å². The zero-order valence-corrected chi connectivity index (χ0v) is 14.6. The molecule has 1 saturated heterocycles. The van der Waals surface area contributed by atoms with E-state index in [-0.39, 0.29) is 11.8 Å². The second kappa shape index (κ2) is 7.45. The van der Waals surface area contributed by atoms with Crippen molar-refractivity contribution in [1.29, 1.82) is 0 Å². The zero-order chi connectivity index (χ0) is 15.4. The first-order valence-electron chi connectivity index (χ1n) is 7.00. The Morgan fingerprint density at radius 3 is 2.90 bits per heavy atom. The summed E-state index contributed by atoms with van der Waals surface area (Å²) >= 11 is 8.14.